The zero-order chi connectivity index (χ0) is 20.6. The fraction of sp³-hybridized carbons (Fsp3) is 0.526. The highest BCUT2D eigenvalue weighted by Crippen LogP contribution is 2.41. The van der Waals surface area contributed by atoms with Gasteiger partial charge in [-0.3, -0.25) is 9.78 Å². The lowest BCUT2D eigenvalue weighted by molar-refractivity contribution is -0.173. The molecule has 2 aromatic heterocycles. The molecule has 2 aliphatic rings. The van der Waals surface area contributed by atoms with Crippen LogP contribution in [-0.2, 0) is 4.79 Å². The highest BCUT2D eigenvalue weighted by atomic mass is 19.4. The van der Waals surface area contributed by atoms with Crippen molar-refractivity contribution in [2.24, 2.45) is 0 Å². The number of alkyl halides is 3. The van der Waals surface area contributed by atoms with Crippen molar-refractivity contribution in [1.29, 1.82) is 0 Å². The van der Waals surface area contributed by atoms with Gasteiger partial charge in [0.2, 0.25) is 0 Å². The maximum Gasteiger partial charge on any atom is 0.410 e. The Hall–Kier alpha value is -2.78. The number of carbonyl (C=O) groups is 1. The second-order valence-corrected chi connectivity index (χ2v) is 7.46. The number of rotatable bonds is 4. The van der Waals surface area contributed by atoms with E-state index in [9.17, 15) is 18.0 Å². The number of halogens is 3. The molecule has 2 aromatic rings. The summed E-state index contributed by atoms with van der Waals surface area (Å²) in [6, 6.07) is 2.71. The number of pyridine rings is 1. The average molecular weight is 409 g/mol. The Balaban J connectivity index is 1.51. The molecule has 7 nitrogen and oxygen atoms in total. The zero-order valence-corrected chi connectivity index (χ0v) is 15.9. The van der Waals surface area contributed by atoms with E-state index in [0.717, 1.165) is 11.1 Å². The topological polar surface area (TPSA) is 72.3 Å². The van der Waals surface area contributed by atoms with E-state index in [2.05, 4.69) is 15.4 Å². The van der Waals surface area contributed by atoms with E-state index in [1.807, 2.05) is 0 Å². The van der Waals surface area contributed by atoms with Crippen molar-refractivity contribution in [1.82, 2.24) is 19.7 Å². The second-order valence-electron chi connectivity index (χ2n) is 7.46. The minimum atomic E-state index is -4.38. The Morgan fingerprint density at radius 3 is 2.97 bits per heavy atom. The Kier molecular flexibility index (Phi) is 5.10. The molecule has 1 N–H and O–H groups in total. The summed E-state index contributed by atoms with van der Waals surface area (Å²) in [6.45, 7) is 2.08. The first kappa shape index (κ1) is 19.5. The third kappa shape index (κ3) is 4.01. The first-order valence-corrected chi connectivity index (χ1v) is 9.58. The van der Waals surface area contributed by atoms with Gasteiger partial charge >= 0.3 is 6.18 Å². The normalized spacial score (nSPS) is 24.1. The third-order valence-corrected chi connectivity index (χ3v) is 5.31. The van der Waals surface area contributed by atoms with E-state index in [-0.39, 0.29) is 31.0 Å². The molecule has 0 spiro atoms. The van der Waals surface area contributed by atoms with Crippen LogP contribution in [0, 0.1) is 0 Å². The largest absolute Gasteiger partial charge is 0.482 e. The van der Waals surface area contributed by atoms with E-state index in [1.165, 1.54) is 6.20 Å². The molecule has 0 saturated carbocycles. The number of carbonyl (C=O) groups excluding carboxylic acids is 1. The second kappa shape index (κ2) is 7.57. The van der Waals surface area contributed by atoms with Gasteiger partial charge in [-0.15, -0.1) is 0 Å². The van der Waals surface area contributed by atoms with E-state index in [4.69, 9.17) is 4.74 Å². The van der Waals surface area contributed by atoms with Crippen LogP contribution in [-0.4, -0.2) is 50.9 Å². The van der Waals surface area contributed by atoms with Crippen LogP contribution in [0.3, 0.4) is 0 Å². The molecule has 0 aromatic carbocycles. The monoisotopic (exact) mass is 409 g/mol. The van der Waals surface area contributed by atoms with Crippen molar-refractivity contribution in [3.63, 3.8) is 0 Å². The number of hydrogen-bond acceptors (Lipinski definition) is 5. The average Bonchev–Trinajstić information content (AvgIpc) is 3.32. The minimum absolute atomic E-state index is 0.0795. The van der Waals surface area contributed by atoms with Gasteiger partial charge in [-0.2, -0.15) is 18.3 Å². The molecule has 0 radical (unpaired) electrons. The van der Waals surface area contributed by atoms with Gasteiger partial charge in [0.15, 0.2) is 12.6 Å². The number of anilines is 1. The summed E-state index contributed by atoms with van der Waals surface area (Å²) in [5, 5.41) is 7.32. The lowest BCUT2D eigenvalue weighted by Gasteiger charge is -2.31. The maximum absolute atomic E-state index is 13.5. The van der Waals surface area contributed by atoms with Crippen LogP contribution in [0.5, 0.6) is 5.75 Å². The van der Waals surface area contributed by atoms with Crippen LogP contribution in [0.25, 0.3) is 0 Å². The third-order valence-electron chi connectivity index (χ3n) is 5.31. The van der Waals surface area contributed by atoms with Crippen molar-refractivity contribution >= 4 is 11.7 Å². The molecule has 0 bridgehead atoms. The van der Waals surface area contributed by atoms with Gasteiger partial charge in [-0.1, -0.05) is 0 Å². The van der Waals surface area contributed by atoms with Crippen LogP contribution in [0.1, 0.15) is 44.0 Å². The number of aromatic nitrogens is 3. The van der Waals surface area contributed by atoms with Gasteiger partial charge in [0.1, 0.15) is 11.6 Å². The number of fused-ring (bicyclic) bond motifs is 1. The van der Waals surface area contributed by atoms with E-state index >= 15 is 0 Å². The number of likely N-dealkylation sites (tertiary alicyclic amines) is 1. The van der Waals surface area contributed by atoms with Crippen molar-refractivity contribution < 1.29 is 22.7 Å². The summed E-state index contributed by atoms with van der Waals surface area (Å²) >= 11 is 0. The quantitative estimate of drug-likeness (QED) is 0.839. The Labute approximate surface area is 165 Å². The van der Waals surface area contributed by atoms with Gasteiger partial charge in [-0.05, 0) is 38.3 Å². The maximum atomic E-state index is 13.5. The van der Waals surface area contributed by atoms with Crippen LogP contribution in [0.4, 0.5) is 19.0 Å². The lowest BCUT2D eigenvalue weighted by atomic mass is 10.1. The van der Waals surface area contributed by atoms with E-state index in [0.29, 0.717) is 30.2 Å². The van der Waals surface area contributed by atoms with Gasteiger partial charge in [0.25, 0.3) is 5.91 Å². The summed E-state index contributed by atoms with van der Waals surface area (Å²) < 4.78 is 46.9. The van der Waals surface area contributed by atoms with Gasteiger partial charge in [0, 0.05) is 24.8 Å². The predicted molar refractivity (Wildman–Crippen MR) is 98.4 cm³/mol. The number of ether oxygens (including phenoxy) is 1. The van der Waals surface area contributed by atoms with Crippen molar-refractivity contribution in [2.75, 3.05) is 18.5 Å². The molecule has 29 heavy (non-hydrogen) atoms. The molecular formula is C19H22F3N5O2. The Morgan fingerprint density at radius 1 is 1.41 bits per heavy atom. The zero-order valence-electron chi connectivity index (χ0n) is 15.9. The molecule has 0 unspecified atom stereocenters. The smallest absolute Gasteiger partial charge is 0.410 e. The first-order valence-electron chi connectivity index (χ1n) is 9.58. The molecule has 1 fully saturated rings. The highest BCUT2D eigenvalue weighted by molar-refractivity contribution is 5.78. The van der Waals surface area contributed by atoms with Crippen LogP contribution >= 0.6 is 0 Å². The van der Waals surface area contributed by atoms with Crippen molar-refractivity contribution in [2.45, 2.75) is 50.5 Å². The standard InChI is InChI=1S/C19H22F3N5O2/c1-12-8-16(19(20,21)22)27-17(24-12)9-14(25-27)15-5-3-7-26(15)18(28)11-29-13-4-2-6-23-10-13/h2,4,6,9-10,12,15-16,24H,3,5,7-8,11H2,1H3/t12-,15+,16-/m1/s1. The molecule has 10 heteroatoms. The van der Waals surface area contributed by atoms with Crippen LogP contribution in [0.15, 0.2) is 30.6 Å². The van der Waals surface area contributed by atoms with Crippen molar-refractivity contribution in [3.8, 4) is 5.75 Å². The fourth-order valence-electron chi connectivity index (χ4n) is 3.97. The molecule has 1 saturated heterocycles. The molecule has 4 heterocycles. The Bertz CT molecular complexity index is 870. The number of amides is 1. The summed E-state index contributed by atoms with van der Waals surface area (Å²) in [6.07, 6.45) is 0.0808. The molecular weight excluding hydrogens is 387 g/mol. The van der Waals surface area contributed by atoms with E-state index < -0.39 is 12.2 Å². The van der Waals surface area contributed by atoms with Crippen molar-refractivity contribution in [3.05, 3.63) is 36.3 Å². The molecule has 0 aliphatic carbocycles. The molecule has 1 amide bonds. The molecule has 2 aliphatic heterocycles. The number of nitrogens with one attached hydrogen (secondary N) is 1. The van der Waals surface area contributed by atoms with Gasteiger partial charge in [0.05, 0.1) is 17.9 Å². The predicted octanol–water partition coefficient (Wildman–Crippen LogP) is 3.33. The number of nitrogens with zero attached hydrogens (tertiary/aromatic N) is 4. The summed E-state index contributed by atoms with van der Waals surface area (Å²) in [5.74, 6) is 0.600. The summed E-state index contributed by atoms with van der Waals surface area (Å²) in [7, 11) is 0. The molecule has 4 rings (SSSR count). The first-order chi connectivity index (χ1) is 13.8. The Morgan fingerprint density at radius 2 is 2.24 bits per heavy atom. The van der Waals surface area contributed by atoms with Gasteiger partial charge < -0.3 is 15.0 Å². The minimum Gasteiger partial charge on any atom is -0.482 e. The van der Waals surface area contributed by atoms with Crippen LogP contribution < -0.4 is 10.1 Å². The van der Waals surface area contributed by atoms with Gasteiger partial charge in [-0.25, -0.2) is 4.68 Å². The van der Waals surface area contributed by atoms with Crippen LogP contribution in [0.2, 0.25) is 0 Å². The molecule has 3 atom stereocenters. The van der Waals surface area contributed by atoms with E-state index in [1.54, 1.807) is 36.2 Å². The summed E-state index contributed by atoms with van der Waals surface area (Å²) in [5.41, 5.74) is 0.475. The number of hydrogen-bond donors (Lipinski definition) is 1. The summed E-state index contributed by atoms with van der Waals surface area (Å²) in [4.78, 5) is 18.2. The molecule has 156 valence electrons. The lowest BCUT2D eigenvalue weighted by Crippen LogP contribution is -2.38. The SMILES string of the molecule is C[C@@H]1C[C@H](C(F)(F)F)n2nc([C@@H]3CCCN3C(=O)COc3cccnc3)cc2N1. The fourth-order valence-corrected chi connectivity index (χ4v) is 3.97. The highest BCUT2D eigenvalue weighted by Gasteiger charge is 2.46.